The van der Waals surface area contributed by atoms with Crippen LogP contribution < -0.4 is 4.74 Å². The standard InChI is InChI=1S/C8H5F3O3.2C4H9.Sn/c1-14-7-5(10)3(8(12)13)2-4(9)6(7)11;2*1-3-4-2;/h2H,1H3,(H,12,13);2*1,3-4H2,2H3;. The number of hydrogen-bond acceptors (Lipinski definition) is 2. The van der Waals surface area contributed by atoms with Gasteiger partial charge in [-0.1, -0.05) is 0 Å². The molecule has 1 N–H and O–H groups in total. The number of methoxy groups -OCH3 is 1. The maximum atomic E-state index is 13.1. The first-order valence-electron chi connectivity index (χ1n) is 7.56. The Bertz CT molecular complexity index is 490. The molecule has 0 unspecified atom stereocenters. The largest absolute Gasteiger partial charge is 0.491 e. The van der Waals surface area contributed by atoms with Gasteiger partial charge in [0, 0.05) is 0 Å². The van der Waals surface area contributed by atoms with Crippen LogP contribution in [-0.4, -0.2) is 39.3 Å². The monoisotopic (exact) mass is 440 g/mol. The molecule has 0 bridgehead atoms. The van der Waals surface area contributed by atoms with Crippen molar-refractivity contribution >= 4 is 27.1 Å². The topological polar surface area (TPSA) is 46.5 Å². The van der Waals surface area contributed by atoms with Gasteiger partial charge in [0.05, 0.1) is 7.11 Å². The van der Waals surface area contributed by atoms with Crippen molar-refractivity contribution in [2.75, 3.05) is 7.11 Å². The molecule has 1 rings (SSSR count). The van der Waals surface area contributed by atoms with Crippen molar-refractivity contribution in [3.8, 4) is 5.75 Å². The number of halogens is 3. The molecule has 0 aliphatic rings. The molecule has 1 aromatic rings. The zero-order valence-electron chi connectivity index (χ0n) is 13.7. The number of unbranched alkanes of at least 4 members (excludes halogenated alkanes) is 2. The van der Waals surface area contributed by atoms with E-state index in [1.807, 2.05) is 0 Å². The summed E-state index contributed by atoms with van der Waals surface area (Å²) >= 11 is 0.149. The molecule has 1 aromatic carbocycles. The van der Waals surface area contributed by atoms with Crippen molar-refractivity contribution in [2.45, 2.75) is 48.4 Å². The van der Waals surface area contributed by atoms with Crippen LogP contribution in [0.5, 0.6) is 5.75 Å². The second-order valence-electron chi connectivity index (χ2n) is 4.83. The first-order chi connectivity index (χ1) is 10.9. The molecule has 0 saturated carbocycles. The van der Waals surface area contributed by atoms with Crippen LogP contribution in [0.1, 0.15) is 49.9 Å². The normalized spacial score (nSPS) is 10.0. The van der Waals surface area contributed by atoms with E-state index in [1.165, 1.54) is 25.7 Å². The van der Waals surface area contributed by atoms with E-state index in [0.717, 1.165) is 7.11 Å². The second-order valence-corrected chi connectivity index (χ2v) is 9.11. The van der Waals surface area contributed by atoms with E-state index in [1.54, 1.807) is 8.87 Å². The summed E-state index contributed by atoms with van der Waals surface area (Å²) in [6, 6.07) is 0.259. The van der Waals surface area contributed by atoms with Crippen molar-refractivity contribution < 1.29 is 27.8 Å². The molecular formula is C16H23F3O3Sn. The zero-order valence-corrected chi connectivity index (χ0v) is 16.6. The summed E-state index contributed by atoms with van der Waals surface area (Å²) in [5.41, 5.74) is -0.972. The van der Waals surface area contributed by atoms with E-state index in [0.29, 0.717) is 0 Å². The van der Waals surface area contributed by atoms with E-state index in [4.69, 9.17) is 5.11 Å². The van der Waals surface area contributed by atoms with Crippen LogP contribution in [0.4, 0.5) is 13.2 Å². The molecule has 0 amide bonds. The van der Waals surface area contributed by atoms with Crippen molar-refractivity contribution in [3.05, 3.63) is 29.1 Å². The van der Waals surface area contributed by atoms with Crippen LogP contribution >= 0.6 is 0 Å². The van der Waals surface area contributed by atoms with E-state index >= 15 is 0 Å². The molecule has 23 heavy (non-hydrogen) atoms. The van der Waals surface area contributed by atoms with Crippen LogP contribution in [-0.2, 0) is 0 Å². The summed E-state index contributed by atoms with van der Waals surface area (Å²) in [5.74, 6) is -7.18. The van der Waals surface area contributed by atoms with Crippen molar-refractivity contribution in [3.63, 3.8) is 0 Å². The number of carbonyl (C=O) groups is 1. The third-order valence-corrected chi connectivity index (χ3v) is 7.00. The molecule has 0 saturated heterocycles. The summed E-state index contributed by atoms with van der Waals surface area (Å²) in [6.45, 7) is 4.58. The molecule has 0 aliphatic heterocycles. The average Bonchev–Trinajstić information content (AvgIpc) is 2.52. The summed E-state index contributed by atoms with van der Waals surface area (Å²) in [5, 5.41) is 8.42. The number of aromatic carboxylic acids is 1. The Morgan fingerprint density at radius 3 is 2.04 bits per heavy atom. The van der Waals surface area contributed by atoms with Crippen molar-refractivity contribution in [1.29, 1.82) is 0 Å². The fraction of sp³-hybridized carbons (Fsp3) is 0.562. The van der Waals surface area contributed by atoms with Gasteiger partial charge in [-0.2, -0.15) is 4.39 Å². The van der Waals surface area contributed by atoms with Gasteiger partial charge in [0.15, 0.2) is 17.4 Å². The Hall–Kier alpha value is -0.921. The van der Waals surface area contributed by atoms with Gasteiger partial charge in [-0.25, -0.2) is 13.6 Å². The van der Waals surface area contributed by atoms with E-state index in [-0.39, 0.29) is 27.2 Å². The summed E-state index contributed by atoms with van der Waals surface area (Å²) in [7, 11) is 0.909. The second kappa shape index (κ2) is 12.5. The number of hydrogen-bond donors (Lipinski definition) is 1. The molecule has 2 radical (unpaired) electrons. The summed E-state index contributed by atoms with van der Waals surface area (Å²) in [4.78, 5) is 10.4. The molecule has 0 atom stereocenters. The predicted molar refractivity (Wildman–Crippen MR) is 85.0 cm³/mol. The van der Waals surface area contributed by atoms with Crippen molar-refractivity contribution in [2.24, 2.45) is 0 Å². The number of ether oxygens (including phenoxy) is 1. The SMILES string of the molecule is CCC[CH2][Sn][CH2]CCC.COc1c(F)c(F)cc(C(=O)O)c1F. The average molecular weight is 439 g/mol. The maximum Gasteiger partial charge on any atom is 0.338 e. The predicted octanol–water partition coefficient (Wildman–Crippen LogP) is 4.94. The molecule has 0 aliphatic carbocycles. The Morgan fingerprint density at radius 2 is 1.65 bits per heavy atom. The maximum absolute atomic E-state index is 13.1. The van der Waals surface area contributed by atoms with Gasteiger partial charge < -0.3 is 9.84 Å². The fourth-order valence-corrected chi connectivity index (χ4v) is 5.80. The Morgan fingerprint density at radius 1 is 1.13 bits per heavy atom. The van der Waals surface area contributed by atoms with Crippen LogP contribution in [0.3, 0.4) is 0 Å². The Labute approximate surface area is 145 Å². The van der Waals surface area contributed by atoms with E-state index in [9.17, 15) is 18.0 Å². The first-order valence-corrected chi connectivity index (χ1v) is 11.6. The molecule has 7 heteroatoms. The zero-order chi connectivity index (χ0) is 17.8. The Balaban J connectivity index is 0.000000468. The van der Waals surface area contributed by atoms with Crippen molar-refractivity contribution in [1.82, 2.24) is 0 Å². The minimum atomic E-state index is -1.69. The van der Waals surface area contributed by atoms with Crippen LogP contribution in [0.2, 0.25) is 8.87 Å². The fourth-order valence-electron chi connectivity index (χ4n) is 1.64. The number of carboxylic acid groups (broad SMARTS) is 1. The molecule has 0 heterocycles. The van der Waals surface area contributed by atoms with Gasteiger partial charge in [0.1, 0.15) is 5.56 Å². The quantitative estimate of drug-likeness (QED) is 0.355. The smallest absolute Gasteiger partial charge is 0.338 e. The molecular weight excluding hydrogens is 416 g/mol. The van der Waals surface area contributed by atoms with E-state index < -0.39 is 34.7 Å². The van der Waals surface area contributed by atoms with Gasteiger partial charge in [-0.3, -0.25) is 0 Å². The van der Waals surface area contributed by atoms with E-state index in [2.05, 4.69) is 18.6 Å². The minimum Gasteiger partial charge on any atom is -0.491 e. The minimum absolute atomic E-state index is 0.149. The molecule has 0 fully saturated rings. The summed E-state index contributed by atoms with van der Waals surface area (Å²) in [6.07, 6.45) is 5.84. The van der Waals surface area contributed by atoms with Gasteiger partial charge in [0.25, 0.3) is 0 Å². The van der Waals surface area contributed by atoms with Gasteiger partial charge in [-0.05, 0) is 6.07 Å². The third kappa shape index (κ3) is 7.94. The van der Waals surface area contributed by atoms with Gasteiger partial charge in [0.2, 0.25) is 5.82 Å². The summed E-state index contributed by atoms with van der Waals surface area (Å²) < 4.78 is 46.0. The van der Waals surface area contributed by atoms with Gasteiger partial charge in [-0.15, -0.1) is 0 Å². The third-order valence-electron chi connectivity index (χ3n) is 2.96. The van der Waals surface area contributed by atoms with Gasteiger partial charge >= 0.3 is 75.5 Å². The molecule has 0 aromatic heterocycles. The number of benzene rings is 1. The van der Waals surface area contributed by atoms with Crippen LogP contribution in [0.15, 0.2) is 6.07 Å². The van der Waals surface area contributed by atoms with Crippen LogP contribution in [0, 0.1) is 17.5 Å². The number of carboxylic acids is 1. The Kier molecular flexibility index (Phi) is 12.0. The molecule has 130 valence electrons. The first kappa shape index (κ1) is 22.1. The molecule has 3 nitrogen and oxygen atoms in total. The van der Waals surface area contributed by atoms with Crippen LogP contribution in [0.25, 0.3) is 0 Å². The number of rotatable bonds is 8. The molecule has 0 spiro atoms.